The number of carbonyl (C=O) groups excluding carboxylic acids is 1. The van der Waals surface area contributed by atoms with E-state index in [0.29, 0.717) is 28.0 Å². The van der Waals surface area contributed by atoms with Gasteiger partial charge in [0.25, 0.3) is 5.91 Å². The van der Waals surface area contributed by atoms with Gasteiger partial charge in [0.2, 0.25) is 5.13 Å². The molecule has 38 heavy (non-hydrogen) atoms. The minimum absolute atomic E-state index is 0.0226. The number of sulfone groups is 1. The topological polar surface area (TPSA) is 127 Å². The highest BCUT2D eigenvalue weighted by molar-refractivity contribution is 7.90. The Kier molecular flexibility index (Phi) is 8.17. The molecule has 10 nitrogen and oxygen atoms in total. The van der Waals surface area contributed by atoms with E-state index < -0.39 is 21.6 Å². The van der Waals surface area contributed by atoms with Gasteiger partial charge in [-0.3, -0.25) is 4.79 Å². The molecule has 4 rings (SSSR count). The van der Waals surface area contributed by atoms with E-state index in [9.17, 15) is 17.6 Å². The van der Waals surface area contributed by atoms with Crippen LogP contribution in [0.15, 0.2) is 40.8 Å². The van der Waals surface area contributed by atoms with E-state index in [0.717, 1.165) is 24.5 Å². The van der Waals surface area contributed by atoms with Crippen molar-refractivity contribution in [2.75, 3.05) is 42.5 Å². The Labute approximate surface area is 223 Å². The number of ether oxygens (including phenoxy) is 1. The highest BCUT2D eigenvalue weighted by Crippen LogP contribution is 2.39. The highest BCUT2D eigenvalue weighted by Gasteiger charge is 2.24. The van der Waals surface area contributed by atoms with Crippen molar-refractivity contribution in [1.29, 1.82) is 0 Å². The summed E-state index contributed by atoms with van der Waals surface area (Å²) in [6.07, 6.45) is 1.11. The quantitative estimate of drug-likeness (QED) is 0.276. The Bertz CT molecular complexity index is 1550. The second-order valence-electron chi connectivity index (χ2n) is 8.44. The predicted octanol–water partition coefficient (Wildman–Crippen LogP) is 4.29. The third-order valence-electron chi connectivity index (χ3n) is 5.72. The molecule has 202 valence electrons. The van der Waals surface area contributed by atoms with Crippen LogP contribution in [0, 0.1) is 5.82 Å². The summed E-state index contributed by atoms with van der Waals surface area (Å²) in [5.41, 5.74) is 1.42. The maximum atomic E-state index is 13.5. The second-order valence-corrected chi connectivity index (χ2v) is 11.3. The van der Waals surface area contributed by atoms with Crippen LogP contribution in [-0.4, -0.2) is 56.0 Å². The van der Waals surface area contributed by atoms with Crippen LogP contribution >= 0.6 is 11.5 Å². The summed E-state index contributed by atoms with van der Waals surface area (Å²) in [7, 11) is -1.87. The van der Waals surface area contributed by atoms with Crippen LogP contribution in [0.5, 0.6) is 5.75 Å². The molecule has 1 amide bonds. The van der Waals surface area contributed by atoms with Crippen LogP contribution in [0.4, 0.5) is 15.2 Å². The zero-order chi connectivity index (χ0) is 27.4. The van der Waals surface area contributed by atoms with E-state index in [2.05, 4.69) is 24.9 Å². The summed E-state index contributed by atoms with van der Waals surface area (Å²) in [5, 5.41) is 6.70. The Balaban J connectivity index is 1.77. The molecule has 0 aliphatic heterocycles. The molecule has 2 N–H and O–H groups in total. The zero-order valence-corrected chi connectivity index (χ0v) is 23.0. The molecule has 13 heteroatoms. The summed E-state index contributed by atoms with van der Waals surface area (Å²) >= 11 is 1.27. The van der Waals surface area contributed by atoms with E-state index in [4.69, 9.17) is 9.15 Å². The van der Waals surface area contributed by atoms with Gasteiger partial charge >= 0.3 is 0 Å². The number of anilines is 2. The fourth-order valence-corrected chi connectivity index (χ4v) is 5.03. The van der Waals surface area contributed by atoms with Crippen LogP contribution < -0.4 is 20.3 Å². The first-order valence-electron chi connectivity index (χ1n) is 11.8. The molecule has 0 spiro atoms. The molecule has 0 bridgehead atoms. The Morgan fingerprint density at radius 2 is 1.89 bits per heavy atom. The van der Waals surface area contributed by atoms with E-state index in [1.54, 1.807) is 12.1 Å². The lowest BCUT2D eigenvalue weighted by Crippen LogP contribution is -2.21. The molecule has 2 aromatic carbocycles. The molecule has 0 aliphatic rings. The molecule has 2 aromatic heterocycles. The average Bonchev–Trinajstić information content (AvgIpc) is 3.51. The third-order valence-corrected chi connectivity index (χ3v) is 7.21. The smallest absolute Gasteiger partial charge is 0.255 e. The summed E-state index contributed by atoms with van der Waals surface area (Å²) in [6.45, 7) is 5.67. The maximum absolute atomic E-state index is 13.5. The number of fused-ring (bicyclic) bond motifs is 1. The van der Waals surface area contributed by atoms with Crippen molar-refractivity contribution in [3.8, 4) is 17.1 Å². The van der Waals surface area contributed by atoms with Crippen molar-refractivity contribution in [2.45, 2.75) is 20.5 Å². The molecular formula is C25H28FN5O5S2. The van der Waals surface area contributed by atoms with Crippen molar-refractivity contribution in [3.63, 3.8) is 0 Å². The van der Waals surface area contributed by atoms with E-state index in [-0.39, 0.29) is 29.6 Å². The number of benzene rings is 2. The molecule has 0 fully saturated rings. The molecule has 4 aromatic rings. The SMILES string of the molecule is CCN(CC)c1nc(COc2cc3c(C(=O)NC)c(-c4ccc(F)cc4)oc3cc2NCS(C)(=O)=O)ns1. The van der Waals surface area contributed by atoms with Gasteiger partial charge in [-0.2, -0.15) is 9.36 Å². The van der Waals surface area contributed by atoms with Crippen LogP contribution in [0.3, 0.4) is 0 Å². The van der Waals surface area contributed by atoms with Gasteiger partial charge in [-0.05, 0) is 44.2 Å². The van der Waals surface area contributed by atoms with Gasteiger partial charge in [-0.15, -0.1) is 0 Å². The van der Waals surface area contributed by atoms with Crippen molar-refractivity contribution >= 4 is 49.1 Å². The van der Waals surface area contributed by atoms with E-state index in [1.165, 1.54) is 42.8 Å². The minimum atomic E-state index is -3.36. The Morgan fingerprint density at radius 1 is 1.18 bits per heavy atom. The number of amides is 1. The van der Waals surface area contributed by atoms with Gasteiger partial charge in [-0.25, -0.2) is 12.8 Å². The van der Waals surface area contributed by atoms with Crippen LogP contribution in [0.25, 0.3) is 22.3 Å². The number of carbonyl (C=O) groups is 1. The van der Waals surface area contributed by atoms with Crippen molar-refractivity contribution in [3.05, 3.63) is 53.6 Å². The molecule has 2 heterocycles. The van der Waals surface area contributed by atoms with E-state index in [1.807, 2.05) is 13.8 Å². The molecular weight excluding hydrogens is 533 g/mol. The van der Waals surface area contributed by atoms with Crippen molar-refractivity contribution < 1.29 is 26.8 Å². The highest BCUT2D eigenvalue weighted by atomic mass is 32.2. The van der Waals surface area contributed by atoms with Gasteiger partial charge in [0.05, 0.1) is 11.3 Å². The van der Waals surface area contributed by atoms with Crippen LogP contribution in [0.2, 0.25) is 0 Å². The van der Waals surface area contributed by atoms with Gasteiger partial charge in [0.15, 0.2) is 15.7 Å². The number of aromatic nitrogens is 2. The fourth-order valence-electron chi connectivity index (χ4n) is 3.81. The molecule has 0 saturated carbocycles. The first-order valence-corrected chi connectivity index (χ1v) is 14.7. The first-order chi connectivity index (χ1) is 18.1. The van der Waals surface area contributed by atoms with Crippen LogP contribution in [-0.2, 0) is 16.4 Å². The lowest BCUT2D eigenvalue weighted by molar-refractivity contribution is 0.0964. The summed E-state index contributed by atoms with van der Waals surface area (Å²) in [4.78, 5) is 19.5. The van der Waals surface area contributed by atoms with Gasteiger partial charge in [0.1, 0.15) is 35.4 Å². The fraction of sp³-hybridized carbons (Fsp3) is 0.320. The Morgan fingerprint density at radius 3 is 2.53 bits per heavy atom. The Hall–Kier alpha value is -3.71. The number of nitrogens with one attached hydrogen (secondary N) is 2. The van der Waals surface area contributed by atoms with E-state index >= 15 is 0 Å². The summed E-state index contributed by atoms with van der Waals surface area (Å²) < 4.78 is 53.7. The van der Waals surface area contributed by atoms with Gasteiger partial charge < -0.3 is 24.7 Å². The molecule has 0 saturated heterocycles. The molecule has 0 atom stereocenters. The number of halogens is 1. The monoisotopic (exact) mass is 561 g/mol. The second kappa shape index (κ2) is 11.4. The molecule has 0 unspecified atom stereocenters. The number of hydrogen-bond donors (Lipinski definition) is 2. The van der Waals surface area contributed by atoms with Crippen molar-refractivity contribution in [2.24, 2.45) is 0 Å². The normalized spacial score (nSPS) is 11.5. The lowest BCUT2D eigenvalue weighted by Gasteiger charge is -2.15. The lowest BCUT2D eigenvalue weighted by atomic mass is 10.0. The van der Waals surface area contributed by atoms with Gasteiger partial charge in [-0.1, -0.05) is 0 Å². The number of furan rings is 1. The molecule has 0 aliphatic carbocycles. The average molecular weight is 562 g/mol. The summed E-state index contributed by atoms with van der Waals surface area (Å²) in [6, 6.07) is 8.76. The number of nitrogens with zero attached hydrogens (tertiary/aromatic N) is 3. The predicted molar refractivity (Wildman–Crippen MR) is 146 cm³/mol. The standard InChI is InChI=1S/C25H28FN5O5S2/c1-5-31(6-2)25-29-21(30-37-25)13-35-20-11-17-19(12-18(20)28-14-38(4,33)34)36-23(22(17)24(32)27-3)15-7-9-16(26)10-8-15/h7-12,28H,5-6,13-14H2,1-4H3,(H,27,32). The zero-order valence-electron chi connectivity index (χ0n) is 21.4. The van der Waals surface area contributed by atoms with Gasteiger partial charge in [0, 0.05) is 54.9 Å². The van der Waals surface area contributed by atoms with Crippen LogP contribution in [0.1, 0.15) is 30.0 Å². The number of hydrogen-bond acceptors (Lipinski definition) is 10. The maximum Gasteiger partial charge on any atom is 0.255 e. The summed E-state index contributed by atoms with van der Waals surface area (Å²) in [5.74, 6) is -0.168. The third kappa shape index (κ3) is 6.05. The van der Waals surface area contributed by atoms with Crippen molar-refractivity contribution in [1.82, 2.24) is 14.7 Å². The number of rotatable bonds is 11. The minimum Gasteiger partial charge on any atom is -0.483 e. The molecule has 0 radical (unpaired) electrons. The first kappa shape index (κ1) is 27.3. The largest absolute Gasteiger partial charge is 0.483 e.